The third-order valence-corrected chi connectivity index (χ3v) is 1.94. The van der Waals surface area contributed by atoms with Crippen molar-refractivity contribution < 1.29 is 9.47 Å². The first-order valence-electron chi connectivity index (χ1n) is 3.57. The van der Waals surface area contributed by atoms with E-state index in [4.69, 9.17) is 32.5 Å². The molecule has 0 heterocycles. The maximum Gasteiger partial charge on any atom is 0.168 e. The number of hydrogen-bond acceptors (Lipinski definition) is 4. The van der Waals surface area contributed by atoms with Crippen LogP contribution in [0, 0.1) is 0 Å². The van der Waals surface area contributed by atoms with Gasteiger partial charge in [-0.05, 0) is 6.07 Å². The number of ether oxygens (including phenoxy) is 2. The highest BCUT2D eigenvalue weighted by atomic mass is 35.5. The quantitative estimate of drug-likeness (QED) is 0.714. The summed E-state index contributed by atoms with van der Waals surface area (Å²) in [7, 11) is 2.96. The van der Waals surface area contributed by atoms with Gasteiger partial charge in [-0.15, -0.1) is 0 Å². The minimum Gasteiger partial charge on any atom is -0.493 e. The summed E-state index contributed by atoms with van der Waals surface area (Å²) in [5.41, 5.74) is 12.0. The van der Waals surface area contributed by atoms with Crippen LogP contribution in [0.2, 0.25) is 5.02 Å². The Morgan fingerprint density at radius 1 is 1.15 bits per heavy atom. The molecule has 5 heteroatoms. The van der Waals surface area contributed by atoms with E-state index in [2.05, 4.69) is 0 Å². The molecule has 0 radical (unpaired) electrons. The van der Waals surface area contributed by atoms with Crippen molar-refractivity contribution in [2.45, 2.75) is 0 Å². The zero-order valence-electron chi connectivity index (χ0n) is 7.43. The molecular formula is C8H11ClN2O2. The predicted molar refractivity (Wildman–Crippen MR) is 53.4 cm³/mol. The van der Waals surface area contributed by atoms with Gasteiger partial charge in [0.15, 0.2) is 11.5 Å². The van der Waals surface area contributed by atoms with Gasteiger partial charge in [0.1, 0.15) is 5.69 Å². The van der Waals surface area contributed by atoms with Crippen LogP contribution in [0.3, 0.4) is 0 Å². The van der Waals surface area contributed by atoms with Gasteiger partial charge < -0.3 is 20.9 Å². The molecule has 4 N–H and O–H groups in total. The van der Waals surface area contributed by atoms with Crippen molar-refractivity contribution in [2.75, 3.05) is 25.7 Å². The van der Waals surface area contributed by atoms with E-state index in [1.165, 1.54) is 20.3 Å². The van der Waals surface area contributed by atoms with E-state index in [0.717, 1.165) is 0 Å². The molecule has 13 heavy (non-hydrogen) atoms. The molecule has 4 nitrogen and oxygen atoms in total. The van der Waals surface area contributed by atoms with E-state index in [1.54, 1.807) is 0 Å². The second-order valence-corrected chi connectivity index (χ2v) is 2.83. The molecule has 72 valence electrons. The van der Waals surface area contributed by atoms with Gasteiger partial charge in [0.25, 0.3) is 0 Å². The fourth-order valence-electron chi connectivity index (χ4n) is 1.09. The zero-order valence-corrected chi connectivity index (χ0v) is 8.18. The van der Waals surface area contributed by atoms with Crippen LogP contribution in [-0.4, -0.2) is 14.2 Å². The minimum absolute atomic E-state index is 0.315. The van der Waals surface area contributed by atoms with Gasteiger partial charge in [-0.25, -0.2) is 0 Å². The molecule has 0 aromatic heterocycles. The first kappa shape index (κ1) is 9.80. The van der Waals surface area contributed by atoms with E-state index in [1.807, 2.05) is 0 Å². The molecule has 0 unspecified atom stereocenters. The van der Waals surface area contributed by atoms with Gasteiger partial charge in [0.2, 0.25) is 0 Å². The highest BCUT2D eigenvalue weighted by Gasteiger charge is 2.14. The maximum atomic E-state index is 5.82. The smallest absolute Gasteiger partial charge is 0.168 e. The number of anilines is 2. The molecule has 0 aliphatic carbocycles. The summed E-state index contributed by atoms with van der Waals surface area (Å²) >= 11 is 5.82. The number of methoxy groups -OCH3 is 2. The van der Waals surface area contributed by atoms with E-state index >= 15 is 0 Å². The van der Waals surface area contributed by atoms with Crippen molar-refractivity contribution in [3.05, 3.63) is 11.1 Å². The van der Waals surface area contributed by atoms with Crippen molar-refractivity contribution >= 4 is 23.0 Å². The lowest BCUT2D eigenvalue weighted by atomic mass is 10.2. The summed E-state index contributed by atoms with van der Waals surface area (Å²) in [6.07, 6.45) is 0. The molecule has 0 bridgehead atoms. The van der Waals surface area contributed by atoms with E-state index in [-0.39, 0.29) is 0 Å². The zero-order chi connectivity index (χ0) is 10.0. The Labute approximate surface area is 81.4 Å². The van der Waals surface area contributed by atoms with Crippen LogP contribution in [0.15, 0.2) is 6.07 Å². The lowest BCUT2D eigenvalue weighted by Crippen LogP contribution is -2.01. The Kier molecular flexibility index (Phi) is 2.72. The first-order valence-corrected chi connectivity index (χ1v) is 3.95. The highest BCUT2D eigenvalue weighted by Crippen LogP contribution is 2.42. The van der Waals surface area contributed by atoms with Crippen LogP contribution >= 0.6 is 11.6 Å². The Bertz CT molecular complexity index is 300. The molecule has 0 amide bonds. The maximum absolute atomic E-state index is 5.82. The second kappa shape index (κ2) is 3.62. The lowest BCUT2D eigenvalue weighted by molar-refractivity contribution is 0.400. The topological polar surface area (TPSA) is 70.5 Å². The van der Waals surface area contributed by atoms with Crippen molar-refractivity contribution in [1.82, 2.24) is 0 Å². The van der Waals surface area contributed by atoms with Crippen LogP contribution in [0.25, 0.3) is 0 Å². The first-order chi connectivity index (χ1) is 6.11. The molecule has 0 saturated carbocycles. The molecule has 1 aromatic rings. The Morgan fingerprint density at radius 2 is 1.69 bits per heavy atom. The second-order valence-electron chi connectivity index (χ2n) is 2.43. The van der Waals surface area contributed by atoms with E-state index in [9.17, 15) is 0 Å². The summed E-state index contributed by atoms with van der Waals surface area (Å²) in [6.45, 7) is 0. The normalized spacial score (nSPS) is 9.77. The standard InChI is InChI=1S/C8H11ClN2O2/c1-12-7-4(9)3-5(10)8(13-2)6(7)11/h3H,10-11H2,1-2H3. The van der Waals surface area contributed by atoms with Crippen LogP contribution in [0.5, 0.6) is 11.5 Å². The van der Waals surface area contributed by atoms with Crippen LogP contribution in [0.4, 0.5) is 11.4 Å². The molecule has 1 aromatic carbocycles. The summed E-state index contributed by atoms with van der Waals surface area (Å²) in [4.78, 5) is 0. The highest BCUT2D eigenvalue weighted by molar-refractivity contribution is 6.33. The van der Waals surface area contributed by atoms with Gasteiger partial charge >= 0.3 is 0 Å². The van der Waals surface area contributed by atoms with E-state index in [0.29, 0.717) is 27.9 Å². The summed E-state index contributed by atoms with van der Waals surface area (Å²) < 4.78 is 9.97. The van der Waals surface area contributed by atoms with Crippen molar-refractivity contribution in [2.24, 2.45) is 0 Å². The molecule has 0 aliphatic heterocycles. The average Bonchev–Trinajstić information content (AvgIpc) is 2.04. The van der Waals surface area contributed by atoms with Gasteiger partial charge in [-0.2, -0.15) is 0 Å². The van der Waals surface area contributed by atoms with Crippen molar-refractivity contribution in [3.63, 3.8) is 0 Å². The lowest BCUT2D eigenvalue weighted by Gasteiger charge is -2.12. The number of nitrogens with two attached hydrogens (primary N) is 2. The number of rotatable bonds is 2. The van der Waals surface area contributed by atoms with Crippen LogP contribution < -0.4 is 20.9 Å². The Balaban J connectivity index is 3.39. The molecule has 0 spiro atoms. The molecular weight excluding hydrogens is 192 g/mol. The fourth-order valence-corrected chi connectivity index (χ4v) is 1.39. The monoisotopic (exact) mass is 202 g/mol. The Morgan fingerprint density at radius 3 is 2.15 bits per heavy atom. The van der Waals surface area contributed by atoms with Crippen molar-refractivity contribution in [3.8, 4) is 11.5 Å². The van der Waals surface area contributed by atoms with Crippen molar-refractivity contribution in [1.29, 1.82) is 0 Å². The molecule has 0 aliphatic rings. The number of nitrogen functional groups attached to an aromatic ring is 2. The van der Waals surface area contributed by atoms with Gasteiger partial charge in [-0.3, -0.25) is 0 Å². The largest absolute Gasteiger partial charge is 0.493 e. The molecule has 1 rings (SSSR count). The SMILES string of the molecule is COc1c(N)cc(Cl)c(OC)c1N. The molecule has 0 saturated heterocycles. The number of halogens is 1. The Hall–Kier alpha value is -1.29. The number of hydrogen-bond donors (Lipinski definition) is 2. The third kappa shape index (κ3) is 1.58. The third-order valence-electron chi connectivity index (χ3n) is 1.66. The van der Waals surface area contributed by atoms with Gasteiger partial charge in [0.05, 0.1) is 24.9 Å². The predicted octanol–water partition coefficient (Wildman–Crippen LogP) is 1.52. The minimum atomic E-state index is 0.315. The summed E-state index contributed by atoms with van der Waals surface area (Å²) in [6, 6.07) is 1.54. The van der Waals surface area contributed by atoms with Crippen LogP contribution in [-0.2, 0) is 0 Å². The molecule has 0 atom stereocenters. The summed E-state index contributed by atoms with van der Waals surface area (Å²) in [5.74, 6) is 0.772. The summed E-state index contributed by atoms with van der Waals surface area (Å²) in [5, 5.41) is 0.373. The van der Waals surface area contributed by atoms with Crippen LogP contribution in [0.1, 0.15) is 0 Å². The number of benzene rings is 1. The van der Waals surface area contributed by atoms with E-state index < -0.39 is 0 Å². The average molecular weight is 203 g/mol. The molecule has 0 fully saturated rings. The fraction of sp³-hybridized carbons (Fsp3) is 0.250. The van der Waals surface area contributed by atoms with Gasteiger partial charge in [-0.1, -0.05) is 11.6 Å². The van der Waals surface area contributed by atoms with Gasteiger partial charge in [0, 0.05) is 0 Å².